The van der Waals surface area contributed by atoms with Crippen LogP contribution >= 0.6 is 0 Å². The highest BCUT2D eigenvalue weighted by Crippen LogP contribution is 2.23. The number of ether oxygens (including phenoxy) is 1. The molecular weight excluding hydrogens is 316 g/mol. The molecule has 1 aliphatic rings. The zero-order chi connectivity index (χ0) is 17.0. The topological polar surface area (TPSA) is 66.9 Å². The first-order valence-corrected chi connectivity index (χ1v) is 9.24. The lowest BCUT2D eigenvalue weighted by Crippen LogP contribution is -2.47. The van der Waals surface area contributed by atoms with Crippen LogP contribution in [-0.4, -0.2) is 63.4 Å². The number of hydrogen-bond acceptors (Lipinski definition) is 5. The molecule has 0 radical (unpaired) electrons. The van der Waals surface area contributed by atoms with Crippen LogP contribution in [-0.2, 0) is 14.8 Å². The van der Waals surface area contributed by atoms with Gasteiger partial charge in [-0.2, -0.15) is 4.31 Å². The number of piperidine rings is 1. The number of carbonyl (C=O) groups is 1. The van der Waals surface area contributed by atoms with Crippen molar-refractivity contribution in [3.63, 3.8) is 0 Å². The molecule has 1 atom stereocenters. The lowest BCUT2D eigenvalue weighted by molar-refractivity contribution is 0.0526. The summed E-state index contributed by atoms with van der Waals surface area (Å²) in [5.41, 5.74) is 0.258. The Hall–Kier alpha value is -1.44. The molecule has 1 aromatic rings. The number of hydrogen-bond donors (Lipinski definition) is 0. The number of esters is 1. The minimum atomic E-state index is -3.60. The summed E-state index contributed by atoms with van der Waals surface area (Å²) >= 11 is 0. The maximum Gasteiger partial charge on any atom is 0.338 e. The van der Waals surface area contributed by atoms with Gasteiger partial charge in [0, 0.05) is 19.1 Å². The van der Waals surface area contributed by atoms with Crippen molar-refractivity contribution >= 4 is 16.0 Å². The monoisotopic (exact) mass is 340 g/mol. The SMILES string of the molecule is CCOC(=O)c1cccc(S(=O)(=O)N2CCCC(N(C)C)C2)c1. The summed E-state index contributed by atoms with van der Waals surface area (Å²) in [5.74, 6) is -0.505. The first kappa shape index (κ1) is 17.9. The second kappa shape index (κ2) is 7.42. The maximum absolute atomic E-state index is 12.8. The van der Waals surface area contributed by atoms with E-state index in [0.29, 0.717) is 13.1 Å². The molecule has 128 valence electrons. The smallest absolute Gasteiger partial charge is 0.338 e. The Bertz CT molecular complexity index is 658. The number of rotatable bonds is 5. The van der Waals surface area contributed by atoms with Crippen LogP contribution in [0.5, 0.6) is 0 Å². The maximum atomic E-state index is 12.8. The molecule has 0 aromatic heterocycles. The van der Waals surface area contributed by atoms with Crippen molar-refractivity contribution < 1.29 is 17.9 Å². The van der Waals surface area contributed by atoms with Gasteiger partial charge in [0.1, 0.15) is 0 Å². The molecule has 7 heteroatoms. The van der Waals surface area contributed by atoms with Crippen molar-refractivity contribution in [2.45, 2.75) is 30.7 Å². The molecule has 23 heavy (non-hydrogen) atoms. The van der Waals surface area contributed by atoms with Crippen molar-refractivity contribution in [1.82, 2.24) is 9.21 Å². The van der Waals surface area contributed by atoms with Crippen LogP contribution in [0.25, 0.3) is 0 Å². The Morgan fingerprint density at radius 3 is 2.78 bits per heavy atom. The van der Waals surface area contributed by atoms with Gasteiger partial charge in [-0.25, -0.2) is 13.2 Å². The van der Waals surface area contributed by atoms with E-state index in [1.165, 1.54) is 16.4 Å². The van der Waals surface area contributed by atoms with E-state index in [9.17, 15) is 13.2 Å². The van der Waals surface area contributed by atoms with Gasteiger partial charge in [-0.05, 0) is 52.1 Å². The summed E-state index contributed by atoms with van der Waals surface area (Å²) in [6, 6.07) is 6.28. The number of likely N-dealkylation sites (N-methyl/N-ethyl adjacent to an activating group) is 1. The molecule has 0 saturated carbocycles. The van der Waals surface area contributed by atoms with E-state index >= 15 is 0 Å². The molecule has 6 nitrogen and oxygen atoms in total. The van der Waals surface area contributed by atoms with Crippen molar-refractivity contribution in [2.75, 3.05) is 33.8 Å². The average molecular weight is 340 g/mol. The van der Waals surface area contributed by atoms with Crippen LogP contribution in [0.2, 0.25) is 0 Å². The van der Waals surface area contributed by atoms with Gasteiger partial charge in [0.05, 0.1) is 17.1 Å². The molecule has 0 spiro atoms. The van der Waals surface area contributed by atoms with E-state index < -0.39 is 16.0 Å². The third-order valence-corrected chi connectivity index (χ3v) is 5.93. The van der Waals surface area contributed by atoms with Gasteiger partial charge in [0.2, 0.25) is 10.0 Å². The van der Waals surface area contributed by atoms with Gasteiger partial charge in [-0.3, -0.25) is 0 Å². The predicted molar refractivity (Wildman–Crippen MR) is 87.9 cm³/mol. The predicted octanol–water partition coefficient (Wildman–Crippen LogP) is 1.58. The Balaban J connectivity index is 2.25. The second-order valence-corrected chi connectivity index (χ2v) is 7.81. The van der Waals surface area contributed by atoms with E-state index in [1.807, 2.05) is 14.1 Å². The molecule has 1 fully saturated rings. The molecular formula is C16H24N2O4S. The zero-order valence-corrected chi connectivity index (χ0v) is 14.7. The molecule has 0 bridgehead atoms. The van der Waals surface area contributed by atoms with Gasteiger partial charge >= 0.3 is 5.97 Å². The quantitative estimate of drug-likeness (QED) is 0.761. The van der Waals surface area contributed by atoms with Crippen LogP contribution < -0.4 is 0 Å². The minimum Gasteiger partial charge on any atom is -0.462 e. The molecule has 2 rings (SSSR count). The molecule has 0 amide bonds. The Morgan fingerprint density at radius 2 is 2.13 bits per heavy atom. The molecule has 1 heterocycles. The number of nitrogens with zero attached hydrogens (tertiary/aromatic N) is 2. The third kappa shape index (κ3) is 4.10. The van der Waals surface area contributed by atoms with E-state index in [4.69, 9.17) is 4.74 Å². The van der Waals surface area contributed by atoms with Gasteiger partial charge in [0.25, 0.3) is 0 Å². The van der Waals surface area contributed by atoms with Gasteiger partial charge in [0.15, 0.2) is 0 Å². The highest BCUT2D eigenvalue weighted by atomic mass is 32.2. The van der Waals surface area contributed by atoms with Crippen LogP contribution in [0.3, 0.4) is 0 Å². The summed E-state index contributed by atoms with van der Waals surface area (Å²) in [4.78, 5) is 14.0. The molecule has 1 unspecified atom stereocenters. The molecule has 1 aliphatic heterocycles. The highest BCUT2D eigenvalue weighted by Gasteiger charge is 2.31. The fourth-order valence-corrected chi connectivity index (χ4v) is 4.27. The molecule has 1 aromatic carbocycles. The minimum absolute atomic E-state index is 0.141. The first-order valence-electron chi connectivity index (χ1n) is 7.80. The fraction of sp³-hybridized carbons (Fsp3) is 0.562. The summed E-state index contributed by atoms with van der Waals surface area (Å²) < 4.78 is 32.1. The van der Waals surface area contributed by atoms with E-state index in [-0.39, 0.29) is 23.1 Å². The van der Waals surface area contributed by atoms with Crippen LogP contribution in [0.15, 0.2) is 29.2 Å². The van der Waals surface area contributed by atoms with E-state index in [1.54, 1.807) is 19.1 Å². The molecule has 1 saturated heterocycles. The lowest BCUT2D eigenvalue weighted by atomic mass is 10.1. The zero-order valence-electron chi connectivity index (χ0n) is 13.9. The Labute approximate surface area is 138 Å². The molecule has 0 N–H and O–H groups in total. The normalized spacial score (nSPS) is 19.7. The largest absolute Gasteiger partial charge is 0.462 e. The first-order chi connectivity index (χ1) is 10.9. The fourth-order valence-electron chi connectivity index (χ4n) is 2.71. The van der Waals surface area contributed by atoms with Gasteiger partial charge in [-0.15, -0.1) is 0 Å². The van der Waals surface area contributed by atoms with Crippen molar-refractivity contribution in [3.8, 4) is 0 Å². The van der Waals surface area contributed by atoms with Crippen LogP contribution in [0, 0.1) is 0 Å². The summed E-state index contributed by atoms with van der Waals surface area (Å²) in [6.45, 7) is 2.95. The van der Waals surface area contributed by atoms with E-state index in [0.717, 1.165) is 12.8 Å². The van der Waals surface area contributed by atoms with Crippen molar-refractivity contribution in [3.05, 3.63) is 29.8 Å². The third-order valence-electron chi connectivity index (χ3n) is 4.07. The lowest BCUT2D eigenvalue weighted by Gasteiger charge is -2.35. The van der Waals surface area contributed by atoms with Gasteiger partial charge < -0.3 is 9.64 Å². The molecule has 0 aliphatic carbocycles. The number of sulfonamides is 1. The summed E-state index contributed by atoms with van der Waals surface area (Å²) in [6.07, 6.45) is 1.82. The van der Waals surface area contributed by atoms with Gasteiger partial charge in [-0.1, -0.05) is 6.07 Å². The standard InChI is InChI=1S/C16H24N2O4S/c1-4-22-16(19)13-7-5-9-15(11-13)23(20,21)18-10-6-8-14(12-18)17(2)3/h5,7,9,11,14H,4,6,8,10,12H2,1-3H3. The van der Waals surface area contributed by atoms with Crippen molar-refractivity contribution in [2.24, 2.45) is 0 Å². The Morgan fingerprint density at radius 1 is 1.39 bits per heavy atom. The van der Waals surface area contributed by atoms with E-state index in [2.05, 4.69) is 4.90 Å². The highest BCUT2D eigenvalue weighted by molar-refractivity contribution is 7.89. The van der Waals surface area contributed by atoms with Crippen molar-refractivity contribution in [1.29, 1.82) is 0 Å². The number of benzene rings is 1. The number of carbonyl (C=O) groups excluding carboxylic acids is 1. The van der Waals surface area contributed by atoms with Crippen LogP contribution in [0.1, 0.15) is 30.1 Å². The average Bonchev–Trinajstić information content (AvgIpc) is 2.55. The Kier molecular flexibility index (Phi) is 5.78. The summed E-state index contributed by atoms with van der Waals surface area (Å²) in [5, 5.41) is 0. The van der Waals surface area contributed by atoms with Crippen LogP contribution in [0.4, 0.5) is 0 Å². The second-order valence-electron chi connectivity index (χ2n) is 5.87. The summed E-state index contributed by atoms with van der Waals surface area (Å²) in [7, 11) is 0.320.